The standard InChI is InChI=1S/C12H17ClN2O2/c1-8(3-2-6-16)15-12(17)10-5-4-9(13)7-11(10)14/h4-5,7-8,16H,2-3,6,14H2,1H3,(H,15,17). The Bertz CT molecular complexity index is 396. The van der Waals surface area contributed by atoms with Crippen LogP contribution in [0.25, 0.3) is 0 Å². The molecule has 0 radical (unpaired) electrons. The summed E-state index contributed by atoms with van der Waals surface area (Å²) in [5, 5.41) is 12.0. The average Bonchev–Trinajstić information content (AvgIpc) is 2.26. The molecule has 4 nitrogen and oxygen atoms in total. The lowest BCUT2D eigenvalue weighted by molar-refractivity contribution is 0.0937. The van der Waals surface area contributed by atoms with Crippen molar-refractivity contribution in [2.45, 2.75) is 25.8 Å². The molecule has 1 amide bonds. The van der Waals surface area contributed by atoms with Gasteiger partial charge in [-0.2, -0.15) is 0 Å². The highest BCUT2D eigenvalue weighted by molar-refractivity contribution is 6.31. The normalized spacial score (nSPS) is 12.2. The molecular formula is C12H17ClN2O2. The van der Waals surface area contributed by atoms with Crippen molar-refractivity contribution >= 4 is 23.2 Å². The van der Waals surface area contributed by atoms with E-state index in [-0.39, 0.29) is 18.6 Å². The first-order valence-electron chi connectivity index (χ1n) is 5.51. The summed E-state index contributed by atoms with van der Waals surface area (Å²) in [4.78, 5) is 11.9. The number of carbonyl (C=O) groups is 1. The van der Waals surface area contributed by atoms with Crippen LogP contribution in [0, 0.1) is 0 Å². The van der Waals surface area contributed by atoms with Crippen LogP contribution in [0.4, 0.5) is 5.69 Å². The molecule has 0 aliphatic carbocycles. The number of carbonyl (C=O) groups excluding carboxylic acids is 1. The van der Waals surface area contributed by atoms with Crippen LogP contribution >= 0.6 is 11.6 Å². The maximum absolute atomic E-state index is 11.9. The number of aliphatic hydroxyl groups excluding tert-OH is 1. The summed E-state index contributed by atoms with van der Waals surface area (Å²) >= 11 is 5.76. The van der Waals surface area contributed by atoms with Crippen molar-refractivity contribution in [1.29, 1.82) is 0 Å². The zero-order valence-corrected chi connectivity index (χ0v) is 10.5. The van der Waals surface area contributed by atoms with Crippen molar-refractivity contribution in [2.24, 2.45) is 0 Å². The molecule has 0 aliphatic rings. The van der Waals surface area contributed by atoms with E-state index in [0.29, 0.717) is 22.7 Å². The van der Waals surface area contributed by atoms with Gasteiger partial charge >= 0.3 is 0 Å². The molecule has 0 aliphatic heterocycles. The molecule has 0 saturated carbocycles. The Balaban J connectivity index is 2.63. The van der Waals surface area contributed by atoms with Crippen LogP contribution in [0.3, 0.4) is 0 Å². The van der Waals surface area contributed by atoms with Gasteiger partial charge in [0.2, 0.25) is 0 Å². The average molecular weight is 257 g/mol. The van der Waals surface area contributed by atoms with Crippen LogP contribution < -0.4 is 11.1 Å². The van der Waals surface area contributed by atoms with E-state index in [4.69, 9.17) is 22.4 Å². The van der Waals surface area contributed by atoms with Crippen LogP contribution in [0.5, 0.6) is 0 Å². The number of amides is 1. The fourth-order valence-corrected chi connectivity index (χ4v) is 1.69. The van der Waals surface area contributed by atoms with Gasteiger partial charge in [-0.15, -0.1) is 0 Å². The van der Waals surface area contributed by atoms with Crippen molar-refractivity contribution in [3.8, 4) is 0 Å². The number of hydrogen-bond acceptors (Lipinski definition) is 3. The molecule has 5 heteroatoms. The number of hydrogen-bond donors (Lipinski definition) is 3. The first kappa shape index (κ1) is 13.8. The van der Waals surface area contributed by atoms with Crippen LogP contribution in [-0.4, -0.2) is 23.7 Å². The van der Waals surface area contributed by atoms with Crippen molar-refractivity contribution in [3.63, 3.8) is 0 Å². The fraction of sp³-hybridized carbons (Fsp3) is 0.417. The number of benzene rings is 1. The lowest BCUT2D eigenvalue weighted by Crippen LogP contribution is -2.33. The highest BCUT2D eigenvalue weighted by Gasteiger charge is 2.12. The summed E-state index contributed by atoms with van der Waals surface area (Å²) in [6, 6.07) is 4.79. The smallest absolute Gasteiger partial charge is 0.253 e. The van der Waals surface area contributed by atoms with Crippen LogP contribution in [0.15, 0.2) is 18.2 Å². The van der Waals surface area contributed by atoms with Gasteiger partial charge in [0, 0.05) is 23.4 Å². The first-order chi connectivity index (χ1) is 8.04. The molecule has 0 spiro atoms. The van der Waals surface area contributed by atoms with E-state index in [1.54, 1.807) is 18.2 Å². The summed E-state index contributed by atoms with van der Waals surface area (Å²) in [5.74, 6) is -0.218. The third-order valence-corrected chi connectivity index (χ3v) is 2.67. The molecule has 1 aromatic rings. The molecule has 94 valence electrons. The SMILES string of the molecule is CC(CCCO)NC(=O)c1ccc(Cl)cc1N. The summed E-state index contributed by atoms with van der Waals surface area (Å²) < 4.78 is 0. The zero-order chi connectivity index (χ0) is 12.8. The second-order valence-electron chi connectivity index (χ2n) is 3.97. The van der Waals surface area contributed by atoms with Crippen molar-refractivity contribution in [1.82, 2.24) is 5.32 Å². The van der Waals surface area contributed by atoms with Gasteiger partial charge < -0.3 is 16.2 Å². The molecule has 1 aromatic carbocycles. The number of anilines is 1. The van der Waals surface area contributed by atoms with Gasteiger partial charge in [0.1, 0.15) is 0 Å². The Morgan fingerprint density at radius 2 is 2.29 bits per heavy atom. The highest BCUT2D eigenvalue weighted by Crippen LogP contribution is 2.18. The topological polar surface area (TPSA) is 75.3 Å². The molecule has 0 bridgehead atoms. The number of rotatable bonds is 5. The van der Waals surface area contributed by atoms with E-state index in [9.17, 15) is 4.79 Å². The molecule has 0 heterocycles. The van der Waals surface area contributed by atoms with Gasteiger partial charge in [-0.1, -0.05) is 11.6 Å². The largest absolute Gasteiger partial charge is 0.398 e. The van der Waals surface area contributed by atoms with E-state index in [0.717, 1.165) is 6.42 Å². The van der Waals surface area contributed by atoms with E-state index >= 15 is 0 Å². The van der Waals surface area contributed by atoms with Gasteiger partial charge in [0.25, 0.3) is 5.91 Å². The molecule has 0 fully saturated rings. The van der Waals surface area contributed by atoms with E-state index in [1.807, 2.05) is 6.92 Å². The second-order valence-corrected chi connectivity index (χ2v) is 4.41. The third kappa shape index (κ3) is 4.24. The molecule has 17 heavy (non-hydrogen) atoms. The Kier molecular flexibility index (Phi) is 5.25. The molecule has 4 N–H and O–H groups in total. The van der Waals surface area contributed by atoms with Gasteiger partial charge in [0.05, 0.1) is 5.56 Å². The predicted molar refractivity (Wildman–Crippen MR) is 69.1 cm³/mol. The number of nitrogens with one attached hydrogen (secondary N) is 1. The molecule has 1 atom stereocenters. The Hall–Kier alpha value is -1.26. The lowest BCUT2D eigenvalue weighted by Gasteiger charge is -2.14. The van der Waals surface area contributed by atoms with Crippen LogP contribution in [-0.2, 0) is 0 Å². The number of halogens is 1. The zero-order valence-electron chi connectivity index (χ0n) is 9.74. The lowest BCUT2D eigenvalue weighted by atomic mass is 10.1. The van der Waals surface area contributed by atoms with Gasteiger partial charge in [0.15, 0.2) is 0 Å². The predicted octanol–water partition coefficient (Wildman–Crippen LogP) is 1.81. The number of nitrogen functional groups attached to an aromatic ring is 1. The molecule has 0 aromatic heterocycles. The number of aliphatic hydroxyl groups is 1. The minimum Gasteiger partial charge on any atom is -0.398 e. The van der Waals surface area contributed by atoms with Crippen LogP contribution in [0.2, 0.25) is 5.02 Å². The van der Waals surface area contributed by atoms with Gasteiger partial charge in [-0.3, -0.25) is 4.79 Å². The minimum absolute atomic E-state index is 0.00438. The van der Waals surface area contributed by atoms with Crippen molar-refractivity contribution < 1.29 is 9.90 Å². The van der Waals surface area contributed by atoms with Crippen molar-refractivity contribution in [2.75, 3.05) is 12.3 Å². The van der Waals surface area contributed by atoms with Gasteiger partial charge in [-0.05, 0) is 38.0 Å². The third-order valence-electron chi connectivity index (χ3n) is 2.43. The maximum Gasteiger partial charge on any atom is 0.253 e. The van der Waals surface area contributed by atoms with Gasteiger partial charge in [-0.25, -0.2) is 0 Å². The van der Waals surface area contributed by atoms with Crippen molar-refractivity contribution in [3.05, 3.63) is 28.8 Å². The minimum atomic E-state index is -0.218. The monoisotopic (exact) mass is 256 g/mol. The molecular weight excluding hydrogens is 240 g/mol. The summed E-state index contributed by atoms with van der Waals surface area (Å²) in [6.07, 6.45) is 1.40. The molecule has 1 unspecified atom stereocenters. The summed E-state index contributed by atoms with van der Waals surface area (Å²) in [7, 11) is 0. The first-order valence-corrected chi connectivity index (χ1v) is 5.89. The number of nitrogens with two attached hydrogens (primary N) is 1. The maximum atomic E-state index is 11.9. The Morgan fingerprint density at radius 1 is 1.59 bits per heavy atom. The van der Waals surface area contributed by atoms with Crippen LogP contribution in [0.1, 0.15) is 30.1 Å². The fourth-order valence-electron chi connectivity index (χ4n) is 1.51. The summed E-state index contributed by atoms with van der Waals surface area (Å²) in [5.41, 5.74) is 6.50. The molecule has 0 saturated heterocycles. The Labute approximate surface area is 106 Å². The van der Waals surface area contributed by atoms with E-state index < -0.39 is 0 Å². The van der Waals surface area contributed by atoms with E-state index in [1.165, 1.54) is 0 Å². The molecule has 1 rings (SSSR count). The highest BCUT2D eigenvalue weighted by atomic mass is 35.5. The quantitative estimate of drug-likeness (QED) is 0.704. The summed E-state index contributed by atoms with van der Waals surface area (Å²) in [6.45, 7) is 2.02. The van der Waals surface area contributed by atoms with E-state index in [2.05, 4.69) is 5.32 Å². The Morgan fingerprint density at radius 3 is 2.88 bits per heavy atom. The second kappa shape index (κ2) is 6.47.